The van der Waals surface area contributed by atoms with Crippen LogP contribution in [0.1, 0.15) is 39.6 Å². The highest BCUT2D eigenvalue weighted by Gasteiger charge is 2.22. The van der Waals surface area contributed by atoms with E-state index in [0.717, 1.165) is 11.0 Å². The fourth-order valence-corrected chi connectivity index (χ4v) is 2.24. The Morgan fingerprint density at radius 2 is 2.17 bits per heavy atom. The first kappa shape index (κ1) is 13.2. The molecule has 5 nitrogen and oxygen atoms in total. The molecule has 0 fully saturated rings. The van der Waals surface area contributed by atoms with Crippen LogP contribution in [0.5, 0.6) is 0 Å². The maximum Gasteiger partial charge on any atom is 0.146 e. The van der Waals surface area contributed by atoms with Gasteiger partial charge in [-0.05, 0) is 33.8 Å². The minimum atomic E-state index is -1.13. The molecule has 2 aromatic rings. The molecule has 0 amide bonds. The normalized spacial score (nSPS) is 15.8. The van der Waals surface area contributed by atoms with Crippen LogP contribution in [0.2, 0.25) is 0 Å². The van der Waals surface area contributed by atoms with Crippen molar-refractivity contribution in [3.63, 3.8) is 0 Å². The topological polar surface area (TPSA) is 70.7 Å². The predicted molar refractivity (Wildman–Crippen MR) is 73.3 cm³/mol. The van der Waals surface area contributed by atoms with Crippen LogP contribution in [0, 0.1) is 0 Å². The lowest BCUT2D eigenvalue weighted by Crippen LogP contribution is -2.35. The number of rotatable bonds is 3. The summed E-state index contributed by atoms with van der Waals surface area (Å²) in [7, 11) is -1.13. The molecule has 2 heterocycles. The molecule has 2 N–H and O–H groups in total. The summed E-state index contributed by atoms with van der Waals surface area (Å²) in [4.78, 5) is 11.8. The number of aromatic amines is 1. The highest BCUT2D eigenvalue weighted by Crippen LogP contribution is 2.16. The van der Waals surface area contributed by atoms with Gasteiger partial charge in [-0.2, -0.15) is 0 Å². The van der Waals surface area contributed by atoms with E-state index in [0.29, 0.717) is 5.82 Å². The number of nitrogens with zero attached hydrogens (tertiary/aromatic N) is 2. The quantitative estimate of drug-likeness (QED) is 0.893. The summed E-state index contributed by atoms with van der Waals surface area (Å²) in [6.45, 7) is 7.70. The fourth-order valence-electron chi connectivity index (χ4n) is 1.46. The summed E-state index contributed by atoms with van der Waals surface area (Å²) in [5.74, 6) is 0.653. The predicted octanol–water partition coefficient (Wildman–Crippen LogP) is 2.07. The van der Waals surface area contributed by atoms with Crippen molar-refractivity contribution in [2.24, 2.45) is 0 Å². The smallest absolute Gasteiger partial charge is 0.146 e. The van der Waals surface area contributed by atoms with Crippen molar-refractivity contribution < 1.29 is 4.21 Å². The van der Waals surface area contributed by atoms with Crippen LogP contribution < -0.4 is 4.72 Å². The molecule has 1 unspecified atom stereocenters. The monoisotopic (exact) mass is 266 g/mol. The van der Waals surface area contributed by atoms with E-state index < -0.39 is 11.0 Å². The molecule has 2 rings (SSSR count). The van der Waals surface area contributed by atoms with E-state index in [2.05, 4.69) is 19.7 Å². The second-order valence-corrected chi connectivity index (χ2v) is 7.22. The standard InChI is InChI=1S/C12H18N4OS/c1-8(16-18(17)12(2,3)4)11-14-7-10-9(15-11)5-6-13-10/h5-8,13,16H,1-4H3/t8?,18-/m1/s1. The number of nitrogens with one attached hydrogen (secondary N) is 2. The van der Waals surface area contributed by atoms with Crippen molar-refractivity contribution in [3.05, 3.63) is 24.3 Å². The van der Waals surface area contributed by atoms with Crippen LogP contribution in [0.4, 0.5) is 0 Å². The van der Waals surface area contributed by atoms with Gasteiger partial charge < -0.3 is 4.98 Å². The summed E-state index contributed by atoms with van der Waals surface area (Å²) in [5.41, 5.74) is 1.78. The van der Waals surface area contributed by atoms with Gasteiger partial charge in [-0.1, -0.05) is 0 Å². The van der Waals surface area contributed by atoms with Crippen molar-refractivity contribution >= 4 is 22.0 Å². The summed E-state index contributed by atoms with van der Waals surface area (Å²) >= 11 is 0. The van der Waals surface area contributed by atoms with Gasteiger partial charge in [0.25, 0.3) is 0 Å². The van der Waals surface area contributed by atoms with Gasteiger partial charge >= 0.3 is 0 Å². The zero-order valence-corrected chi connectivity index (χ0v) is 11.8. The third kappa shape index (κ3) is 2.76. The van der Waals surface area contributed by atoms with Gasteiger partial charge in [-0.25, -0.2) is 18.9 Å². The van der Waals surface area contributed by atoms with Gasteiger partial charge in [0.05, 0.1) is 39.0 Å². The minimum absolute atomic E-state index is 0.149. The maximum atomic E-state index is 12.0. The molecule has 6 heteroatoms. The number of H-pyrrole nitrogens is 1. The number of hydrogen-bond acceptors (Lipinski definition) is 3. The van der Waals surface area contributed by atoms with Gasteiger partial charge in [0, 0.05) is 6.20 Å². The Bertz CT molecular complexity index is 573. The third-order valence-corrected chi connectivity index (χ3v) is 4.22. The maximum absolute atomic E-state index is 12.0. The van der Waals surface area contributed by atoms with E-state index in [9.17, 15) is 4.21 Å². The lowest BCUT2D eigenvalue weighted by atomic mass is 10.3. The zero-order chi connectivity index (χ0) is 13.3. The number of hydrogen-bond donors (Lipinski definition) is 2. The van der Waals surface area contributed by atoms with E-state index in [1.807, 2.05) is 40.0 Å². The molecule has 0 saturated carbocycles. The lowest BCUT2D eigenvalue weighted by molar-refractivity contribution is 0.605. The van der Waals surface area contributed by atoms with Crippen LogP contribution in [-0.4, -0.2) is 23.9 Å². The van der Waals surface area contributed by atoms with E-state index in [-0.39, 0.29) is 10.8 Å². The average molecular weight is 266 g/mol. The van der Waals surface area contributed by atoms with Gasteiger partial charge in [0.1, 0.15) is 5.82 Å². The van der Waals surface area contributed by atoms with Crippen LogP contribution >= 0.6 is 0 Å². The average Bonchev–Trinajstić information content (AvgIpc) is 2.74. The van der Waals surface area contributed by atoms with E-state index in [1.54, 1.807) is 6.20 Å². The summed E-state index contributed by atoms with van der Waals surface area (Å²) < 4.78 is 14.7. The highest BCUT2D eigenvalue weighted by molar-refractivity contribution is 7.84. The van der Waals surface area contributed by atoms with E-state index in [1.165, 1.54) is 0 Å². The van der Waals surface area contributed by atoms with Crippen molar-refractivity contribution in [3.8, 4) is 0 Å². The van der Waals surface area contributed by atoms with Crippen molar-refractivity contribution in [2.75, 3.05) is 0 Å². The molecule has 0 spiro atoms. The number of fused-ring (bicyclic) bond motifs is 1. The molecule has 18 heavy (non-hydrogen) atoms. The third-order valence-electron chi connectivity index (χ3n) is 2.54. The van der Waals surface area contributed by atoms with Crippen molar-refractivity contribution in [1.82, 2.24) is 19.7 Å². The molecule has 0 bridgehead atoms. The Morgan fingerprint density at radius 3 is 2.83 bits per heavy atom. The Balaban J connectivity index is 2.18. The second kappa shape index (κ2) is 4.78. The highest BCUT2D eigenvalue weighted by atomic mass is 32.2. The molecular weight excluding hydrogens is 248 g/mol. The molecule has 2 atom stereocenters. The first-order valence-electron chi connectivity index (χ1n) is 5.86. The Kier molecular flexibility index (Phi) is 3.49. The van der Waals surface area contributed by atoms with E-state index >= 15 is 0 Å². The fraction of sp³-hybridized carbons (Fsp3) is 0.500. The lowest BCUT2D eigenvalue weighted by Gasteiger charge is -2.21. The molecule has 98 valence electrons. The van der Waals surface area contributed by atoms with Gasteiger partial charge in [-0.3, -0.25) is 0 Å². The minimum Gasteiger partial charge on any atom is -0.359 e. The van der Waals surface area contributed by atoms with E-state index in [4.69, 9.17) is 0 Å². The van der Waals surface area contributed by atoms with Crippen LogP contribution in [0.25, 0.3) is 11.0 Å². The van der Waals surface area contributed by atoms with Crippen molar-refractivity contribution in [2.45, 2.75) is 38.5 Å². The largest absolute Gasteiger partial charge is 0.359 e. The van der Waals surface area contributed by atoms with Crippen LogP contribution in [-0.2, 0) is 11.0 Å². The second-order valence-electron chi connectivity index (χ2n) is 5.23. The van der Waals surface area contributed by atoms with Crippen LogP contribution in [0.15, 0.2) is 18.5 Å². The van der Waals surface area contributed by atoms with Gasteiger partial charge in [0.2, 0.25) is 0 Å². The molecule has 0 radical (unpaired) electrons. The molecule has 0 saturated heterocycles. The van der Waals surface area contributed by atoms with Crippen molar-refractivity contribution in [1.29, 1.82) is 0 Å². The van der Waals surface area contributed by atoms with Gasteiger partial charge in [0.15, 0.2) is 0 Å². The first-order valence-corrected chi connectivity index (χ1v) is 7.01. The Labute approximate surface area is 109 Å². The molecule has 2 aromatic heterocycles. The molecule has 0 aliphatic heterocycles. The summed E-state index contributed by atoms with van der Waals surface area (Å²) in [6.07, 6.45) is 3.57. The van der Waals surface area contributed by atoms with Crippen LogP contribution in [0.3, 0.4) is 0 Å². The molecule has 0 aliphatic rings. The first-order chi connectivity index (χ1) is 8.38. The molecular formula is C12H18N4OS. The Hall–Kier alpha value is -1.27. The summed E-state index contributed by atoms with van der Waals surface area (Å²) in [6, 6.07) is 1.75. The zero-order valence-electron chi connectivity index (χ0n) is 11.0. The Morgan fingerprint density at radius 1 is 1.44 bits per heavy atom. The summed E-state index contributed by atoms with van der Waals surface area (Å²) in [5, 5.41) is 0. The number of aromatic nitrogens is 3. The van der Waals surface area contributed by atoms with Gasteiger partial charge in [-0.15, -0.1) is 0 Å². The SMILES string of the molecule is CC(N[S@](=O)C(C)(C)C)c1ncc2[nH]ccc2n1. The molecule has 0 aromatic carbocycles. The molecule has 0 aliphatic carbocycles.